The van der Waals surface area contributed by atoms with Gasteiger partial charge in [-0.15, -0.1) is 0 Å². The smallest absolute Gasteiger partial charge is 0.475 e. The SMILES string of the molecule is CN1CCN(Cc2cccc(C#N)c2)Cc2cccnc21.O=C(O)C(F)(F)F.O=C(O)C(F)(F)F. The molecule has 1 aromatic carbocycles. The largest absolute Gasteiger partial charge is 0.490 e. The van der Waals surface area contributed by atoms with Crippen LogP contribution in [0.1, 0.15) is 16.7 Å². The minimum Gasteiger partial charge on any atom is -0.475 e. The number of pyridine rings is 1. The third kappa shape index (κ3) is 10.3. The Balaban J connectivity index is 0.000000362. The molecule has 0 amide bonds. The van der Waals surface area contributed by atoms with E-state index in [1.54, 1.807) is 0 Å². The summed E-state index contributed by atoms with van der Waals surface area (Å²) in [5, 5.41) is 23.2. The lowest BCUT2D eigenvalue weighted by Crippen LogP contribution is -2.29. The van der Waals surface area contributed by atoms with Crippen LogP contribution in [0.2, 0.25) is 0 Å². The number of halogens is 6. The zero-order valence-corrected chi connectivity index (χ0v) is 18.1. The van der Waals surface area contributed by atoms with Crippen molar-refractivity contribution >= 4 is 17.8 Å². The fourth-order valence-corrected chi connectivity index (χ4v) is 2.75. The molecule has 0 spiro atoms. The number of likely N-dealkylation sites (N-methyl/N-ethyl adjacent to an activating group) is 1. The molecular formula is C21H20F6N4O4. The van der Waals surface area contributed by atoms with Crippen LogP contribution in [0.5, 0.6) is 0 Å². The molecule has 0 unspecified atom stereocenters. The van der Waals surface area contributed by atoms with Crippen LogP contribution in [0, 0.1) is 11.3 Å². The number of nitrogens with zero attached hydrogens (tertiary/aromatic N) is 4. The number of anilines is 1. The summed E-state index contributed by atoms with van der Waals surface area (Å²) in [6, 6.07) is 14.2. The fraction of sp³-hybridized carbons (Fsp3) is 0.333. The number of hydrogen-bond acceptors (Lipinski definition) is 6. The quantitative estimate of drug-likeness (QED) is 0.593. The van der Waals surface area contributed by atoms with E-state index < -0.39 is 24.3 Å². The second-order valence-electron chi connectivity index (χ2n) is 7.04. The Morgan fingerprint density at radius 2 is 1.60 bits per heavy atom. The monoisotopic (exact) mass is 506 g/mol. The second kappa shape index (κ2) is 12.6. The van der Waals surface area contributed by atoms with Crippen LogP contribution in [-0.2, 0) is 22.7 Å². The molecule has 14 heteroatoms. The third-order valence-corrected chi connectivity index (χ3v) is 4.32. The molecule has 2 aromatic rings. The van der Waals surface area contributed by atoms with E-state index in [0.717, 1.165) is 37.6 Å². The minimum atomic E-state index is -5.08. The van der Waals surface area contributed by atoms with Crippen LogP contribution >= 0.6 is 0 Å². The molecule has 35 heavy (non-hydrogen) atoms. The standard InChI is InChI=1S/C17H18N4.2C2HF3O2/c1-20-8-9-21(13-16-6-3-7-19-17(16)20)12-15-5-2-4-14(10-15)11-18;2*3-2(4,5)1(6)7/h2-7,10H,8-9,12-13H2,1H3;2*(H,6,7). The Morgan fingerprint density at radius 3 is 2.11 bits per heavy atom. The Labute approximate surface area is 195 Å². The minimum absolute atomic E-state index is 0.724. The Hall–Kier alpha value is -3.86. The van der Waals surface area contributed by atoms with Crippen molar-refractivity contribution in [2.45, 2.75) is 25.4 Å². The van der Waals surface area contributed by atoms with Crippen LogP contribution in [-0.4, -0.2) is 64.5 Å². The molecule has 0 aliphatic carbocycles. The summed E-state index contributed by atoms with van der Waals surface area (Å²) in [4.78, 5) is 26.9. The van der Waals surface area contributed by atoms with Gasteiger partial charge in [0.05, 0.1) is 11.6 Å². The maximum absolute atomic E-state index is 10.6. The number of rotatable bonds is 2. The predicted octanol–water partition coefficient (Wildman–Crippen LogP) is 3.67. The van der Waals surface area contributed by atoms with E-state index in [0.29, 0.717) is 0 Å². The van der Waals surface area contributed by atoms with Gasteiger partial charge in [0, 0.05) is 45.0 Å². The van der Waals surface area contributed by atoms with E-state index in [9.17, 15) is 26.3 Å². The molecule has 0 fully saturated rings. The molecule has 1 aliphatic heterocycles. The molecule has 0 radical (unpaired) electrons. The predicted molar refractivity (Wildman–Crippen MR) is 110 cm³/mol. The fourth-order valence-electron chi connectivity index (χ4n) is 2.75. The Morgan fingerprint density at radius 1 is 1.03 bits per heavy atom. The zero-order valence-electron chi connectivity index (χ0n) is 18.1. The highest BCUT2D eigenvalue weighted by Gasteiger charge is 2.38. The van der Waals surface area contributed by atoms with Crippen LogP contribution in [0.3, 0.4) is 0 Å². The normalized spacial score (nSPS) is 13.6. The number of aromatic nitrogens is 1. The zero-order chi connectivity index (χ0) is 26.8. The van der Waals surface area contributed by atoms with Crippen molar-refractivity contribution in [1.29, 1.82) is 5.26 Å². The van der Waals surface area contributed by atoms with Crippen molar-refractivity contribution in [3.05, 3.63) is 59.3 Å². The van der Waals surface area contributed by atoms with Gasteiger partial charge in [0.15, 0.2) is 0 Å². The summed E-state index contributed by atoms with van der Waals surface area (Å²) >= 11 is 0. The van der Waals surface area contributed by atoms with Gasteiger partial charge < -0.3 is 15.1 Å². The van der Waals surface area contributed by atoms with Gasteiger partial charge in [-0.25, -0.2) is 14.6 Å². The number of alkyl halides is 6. The average molecular weight is 506 g/mol. The van der Waals surface area contributed by atoms with Crippen molar-refractivity contribution in [2.75, 3.05) is 25.0 Å². The van der Waals surface area contributed by atoms with Crippen molar-refractivity contribution < 1.29 is 46.1 Å². The molecule has 1 aliphatic rings. The highest BCUT2D eigenvalue weighted by molar-refractivity contribution is 5.73. The van der Waals surface area contributed by atoms with E-state index in [1.165, 1.54) is 11.1 Å². The number of fused-ring (bicyclic) bond motifs is 1. The summed E-state index contributed by atoms with van der Waals surface area (Å²) in [5.74, 6) is -4.44. The lowest BCUT2D eigenvalue weighted by atomic mass is 10.1. The molecule has 190 valence electrons. The summed E-state index contributed by atoms with van der Waals surface area (Å²) < 4.78 is 63.5. The van der Waals surface area contributed by atoms with E-state index >= 15 is 0 Å². The maximum atomic E-state index is 10.6. The number of benzene rings is 1. The molecule has 0 saturated carbocycles. The van der Waals surface area contributed by atoms with Crippen LogP contribution < -0.4 is 4.90 Å². The van der Waals surface area contributed by atoms with Crippen LogP contribution in [0.25, 0.3) is 0 Å². The third-order valence-electron chi connectivity index (χ3n) is 4.32. The maximum Gasteiger partial charge on any atom is 0.490 e. The number of carbonyl (C=O) groups is 2. The van der Waals surface area contributed by atoms with E-state index in [2.05, 4.69) is 40.0 Å². The number of hydrogen-bond donors (Lipinski definition) is 2. The molecule has 2 N–H and O–H groups in total. The number of nitriles is 1. The molecule has 1 aromatic heterocycles. The lowest BCUT2D eigenvalue weighted by Gasteiger charge is -2.20. The topological polar surface area (TPSA) is 118 Å². The molecule has 8 nitrogen and oxygen atoms in total. The van der Waals surface area contributed by atoms with Gasteiger partial charge in [0.25, 0.3) is 0 Å². The second-order valence-corrected chi connectivity index (χ2v) is 7.04. The number of carboxylic acid groups (broad SMARTS) is 2. The first kappa shape index (κ1) is 29.2. The summed E-state index contributed by atoms with van der Waals surface area (Å²) in [6.45, 7) is 3.70. The molecule has 0 atom stereocenters. The van der Waals surface area contributed by atoms with Gasteiger partial charge in [0.2, 0.25) is 0 Å². The summed E-state index contributed by atoms with van der Waals surface area (Å²) in [7, 11) is 2.09. The van der Waals surface area contributed by atoms with Crippen molar-refractivity contribution in [1.82, 2.24) is 9.88 Å². The van der Waals surface area contributed by atoms with Crippen molar-refractivity contribution in [2.24, 2.45) is 0 Å². The molecule has 0 bridgehead atoms. The van der Waals surface area contributed by atoms with Gasteiger partial charge in [-0.1, -0.05) is 18.2 Å². The van der Waals surface area contributed by atoms with Gasteiger partial charge in [-0.3, -0.25) is 4.90 Å². The highest BCUT2D eigenvalue weighted by atomic mass is 19.4. The van der Waals surface area contributed by atoms with E-state index in [4.69, 9.17) is 25.1 Å². The van der Waals surface area contributed by atoms with Gasteiger partial charge in [-0.2, -0.15) is 31.6 Å². The van der Waals surface area contributed by atoms with Crippen LogP contribution in [0.15, 0.2) is 42.6 Å². The molecule has 2 heterocycles. The average Bonchev–Trinajstić information content (AvgIpc) is 2.92. The number of carboxylic acids is 2. The molecule has 3 rings (SSSR count). The Kier molecular flexibility index (Phi) is 10.5. The summed E-state index contributed by atoms with van der Waals surface area (Å²) in [5.41, 5.74) is 3.17. The molecule has 0 saturated heterocycles. The number of aliphatic carboxylic acids is 2. The first-order valence-electron chi connectivity index (χ1n) is 9.61. The highest BCUT2D eigenvalue weighted by Crippen LogP contribution is 2.22. The van der Waals surface area contributed by atoms with Crippen molar-refractivity contribution in [3.63, 3.8) is 0 Å². The van der Waals surface area contributed by atoms with Gasteiger partial charge >= 0.3 is 24.3 Å². The van der Waals surface area contributed by atoms with Crippen LogP contribution in [0.4, 0.5) is 32.2 Å². The van der Waals surface area contributed by atoms with Gasteiger partial charge in [0.1, 0.15) is 5.82 Å². The van der Waals surface area contributed by atoms with E-state index in [-0.39, 0.29) is 0 Å². The van der Waals surface area contributed by atoms with E-state index in [1.807, 2.05) is 30.5 Å². The van der Waals surface area contributed by atoms with Crippen molar-refractivity contribution in [3.8, 4) is 6.07 Å². The first-order valence-corrected chi connectivity index (χ1v) is 9.61. The first-order chi connectivity index (χ1) is 16.1. The Bertz CT molecular complexity index is 1030. The lowest BCUT2D eigenvalue weighted by molar-refractivity contribution is -0.193. The molecular weight excluding hydrogens is 486 g/mol. The van der Waals surface area contributed by atoms with Gasteiger partial charge in [-0.05, 0) is 23.8 Å². The summed E-state index contributed by atoms with van der Waals surface area (Å²) in [6.07, 6.45) is -8.32.